The molecule has 0 aliphatic carbocycles. The van der Waals surface area contributed by atoms with Gasteiger partial charge in [-0.3, -0.25) is 0 Å². The van der Waals surface area contributed by atoms with Crippen LogP contribution in [0.4, 0.5) is 0 Å². The molecular formula is C14H17NO3S. The zero-order valence-corrected chi connectivity index (χ0v) is 11.7. The fourth-order valence-corrected chi connectivity index (χ4v) is 4.04. The highest BCUT2D eigenvalue weighted by Crippen LogP contribution is 2.29. The quantitative estimate of drug-likeness (QED) is 0.869. The van der Waals surface area contributed by atoms with Gasteiger partial charge in [0, 0.05) is 16.6 Å². The van der Waals surface area contributed by atoms with E-state index in [-0.39, 0.29) is 5.75 Å². The topological polar surface area (TPSA) is 59.2 Å². The molecule has 0 bridgehead atoms. The van der Waals surface area contributed by atoms with E-state index in [2.05, 4.69) is 4.98 Å². The van der Waals surface area contributed by atoms with E-state index in [9.17, 15) is 8.42 Å². The molecule has 1 aliphatic heterocycles. The molecule has 0 unspecified atom stereocenters. The summed E-state index contributed by atoms with van der Waals surface area (Å²) in [5.74, 6) is 1.34. The number of benzene rings is 1. The molecular weight excluding hydrogens is 262 g/mol. The first-order chi connectivity index (χ1) is 9.09. The third-order valence-electron chi connectivity index (χ3n) is 3.75. The van der Waals surface area contributed by atoms with Crippen LogP contribution in [0.15, 0.2) is 18.2 Å². The minimum Gasteiger partial charge on any atom is -0.497 e. The number of aromatic amines is 1. The van der Waals surface area contributed by atoms with E-state index in [4.69, 9.17) is 4.74 Å². The Bertz CT molecular complexity index is 716. The molecule has 0 spiro atoms. The summed E-state index contributed by atoms with van der Waals surface area (Å²) in [4.78, 5) is 3.41. The molecule has 0 saturated heterocycles. The van der Waals surface area contributed by atoms with Crippen molar-refractivity contribution in [3.8, 4) is 5.75 Å². The highest BCUT2D eigenvalue weighted by atomic mass is 32.2. The molecule has 0 radical (unpaired) electrons. The summed E-state index contributed by atoms with van der Waals surface area (Å²) < 4.78 is 28.8. The van der Waals surface area contributed by atoms with Gasteiger partial charge in [0.25, 0.3) is 0 Å². The second kappa shape index (κ2) is 4.56. The lowest BCUT2D eigenvalue weighted by Gasteiger charge is -2.10. The van der Waals surface area contributed by atoms with Crippen LogP contribution in [0.1, 0.15) is 17.7 Å². The minimum absolute atomic E-state index is 0.240. The number of methoxy groups -OCH3 is 1. The molecule has 1 aliphatic rings. The van der Waals surface area contributed by atoms with E-state index < -0.39 is 9.84 Å². The first-order valence-electron chi connectivity index (χ1n) is 6.47. The molecule has 0 fully saturated rings. The Morgan fingerprint density at radius 3 is 2.84 bits per heavy atom. The van der Waals surface area contributed by atoms with Crippen molar-refractivity contribution in [2.75, 3.05) is 18.6 Å². The number of hydrogen-bond acceptors (Lipinski definition) is 3. The Morgan fingerprint density at radius 2 is 2.05 bits per heavy atom. The predicted molar refractivity (Wildman–Crippen MR) is 75.5 cm³/mol. The average Bonchev–Trinajstić information content (AvgIpc) is 2.70. The van der Waals surface area contributed by atoms with E-state index >= 15 is 0 Å². The van der Waals surface area contributed by atoms with Gasteiger partial charge in [-0.25, -0.2) is 8.42 Å². The molecule has 102 valence electrons. The smallest absolute Gasteiger partial charge is 0.150 e. The maximum atomic E-state index is 11.8. The number of H-pyrrole nitrogens is 1. The standard InChI is InChI=1S/C14H17NO3S/c1-18-10-4-5-14-12(9-10)11-6-8-19(16,17)7-2-3-13(11)15-14/h4-5,9,15H,2-3,6-8H2,1H3. The van der Waals surface area contributed by atoms with Crippen molar-refractivity contribution < 1.29 is 13.2 Å². The lowest BCUT2D eigenvalue weighted by atomic mass is 10.1. The van der Waals surface area contributed by atoms with Crippen LogP contribution in [0, 0.1) is 0 Å². The Kier molecular flexibility index (Phi) is 3.01. The van der Waals surface area contributed by atoms with Gasteiger partial charge >= 0.3 is 0 Å². The van der Waals surface area contributed by atoms with Crippen LogP contribution in [0.3, 0.4) is 0 Å². The summed E-state index contributed by atoms with van der Waals surface area (Å²) in [6, 6.07) is 5.90. The maximum Gasteiger partial charge on any atom is 0.150 e. The molecule has 0 atom stereocenters. The summed E-state index contributed by atoms with van der Waals surface area (Å²) in [6.07, 6.45) is 2.08. The van der Waals surface area contributed by atoms with Gasteiger partial charge in [-0.2, -0.15) is 0 Å². The molecule has 19 heavy (non-hydrogen) atoms. The van der Waals surface area contributed by atoms with E-state index in [1.165, 1.54) is 5.69 Å². The van der Waals surface area contributed by atoms with Crippen LogP contribution in [0.25, 0.3) is 10.9 Å². The van der Waals surface area contributed by atoms with Crippen molar-refractivity contribution in [3.05, 3.63) is 29.5 Å². The molecule has 5 heteroatoms. The molecule has 2 heterocycles. The molecule has 2 aromatic rings. The van der Waals surface area contributed by atoms with Gasteiger partial charge in [0.15, 0.2) is 9.84 Å². The predicted octanol–water partition coefficient (Wildman–Crippen LogP) is 2.08. The summed E-state index contributed by atoms with van der Waals surface area (Å²) in [5, 5.41) is 1.09. The first kappa shape index (κ1) is 12.5. The number of nitrogens with one attached hydrogen (secondary N) is 1. The Balaban J connectivity index is 2.12. The highest BCUT2D eigenvalue weighted by molar-refractivity contribution is 7.91. The third-order valence-corrected chi connectivity index (χ3v) is 5.48. The van der Waals surface area contributed by atoms with Crippen LogP contribution < -0.4 is 4.74 Å². The van der Waals surface area contributed by atoms with Gasteiger partial charge in [0.1, 0.15) is 5.75 Å². The number of aryl methyl sites for hydroxylation is 2. The third kappa shape index (κ3) is 2.34. The summed E-state index contributed by atoms with van der Waals surface area (Å²) in [5.41, 5.74) is 3.38. The van der Waals surface area contributed by atoms with Crippen molar-refractivity contribution in [1.29, 1.82) is 0 Å². The number of ether oxygens (including phenoxy) is 1. The number of fused-ring (bicyclic) bond motifs is 3. The van der Waals surface area contributed by atoms with Crippen molar-refractivity contribution in [3.63, 3.8) is 0 Å². The van der Waals surface area contributed by atoms with Gasteiger partial charge in [-0.15, -0.1) is 0 Å². The molecule has 3 rings (SSSR count). The first-order valence-corrected chi connectivity index (χ1v) is 8.29. The lowest BCUT2D eigenvalue weighted by Crippen LogP contribution is -2.17. The zero-order chi connectivity index (χ0) is 13.5. The van der Waals surface area contributed by atoms with Gasteiger partial charge in [-0.05, 0) is 43.0 Å². The van der Waals surface area contributed by atoms with Gasteiger partial charge in [0.05, 0.1) is 18.6 Å². The average molecular weight is 279 g/mol. The van der Waals surface area contributed by atoms with Gasteiger partial charge < -0.3 is 9.72 Å². The van der Waals surface area contributed by atoms with Crippen molar-refractivity contribution >= 4 is 20.7 Å². The van der Waals surface area contributed by atoms with Crippen LogP contribution in [0.2, 0.25) is 0 Å². The molecule has 1 aromatic heterocycles. The Labute approximate surface area is 112 Å². The van der Waals surface area contributed by atoms with E-state index in [0.29, 0.717) is 18.6 Å². The number of aromatic nitrogens is 1. The van der Waals surface area contributed by atoms with Crippen LogP contribution in [0.5, 0.6) is 5.75 Å². The van der Waals surface area contributed by atoms with Crippen molar-refractivity contribution in [2.24, 2.45) is 0 Å². The minimum atomic E-state index is -2.89. The zero-order valence-electron chi connectivity index (χ0n) is 10.9. The monoisotopic (exact) mass is 279 g/mol. The normalized spacial score (nSPS) is 18.6. The number of hydrogen-bond donors (Lipinski definition) is 1. The summed E-state index contributed by atoms with van der Waals surface area (Å²) in [7, 11) is -1.25. The van der Waals surface area contributed by atoms with Crippen molar-refractivity contribution in [2.45, 2.75) is 19.3 Å². The fraction of sp³-hybridized carbons (Fsp3) is 0.429. The summed E-state index contributed by atoms with van der Waals surface area (Å²) >= 11 is 0. The second-order valence-corrected chi connectivity index (χ2v) is 7.30. The molecule has 4 nitrogen and oxygen atoms in total. The Morgan fingerprint density at radius 1 is 1.21 bits per heavy atom. The fourth-order valence-electron chi connectivity index (χ4n) is 2.74. The maximum absolute atomic E-state index is 11.8. The number of sulfone groups is 1. The molecule has 0 amide bonds. The van der Waals surface area contributed by atoms with Crippen LogP contribution in [-0.2, 0) is 22.7 Å². The second-order valence-electron chi connectivity index (χ2n) is 5.00. The molecule has 1 aromatic carbocycles. The van der Waals surface area contributed by atoms with E-state index in [1.54, 1.807) is 7.11 Å². The summed E-state index contributed by atoms with van der Waals surface area (Å²) in [6.45, 7) is 0. The lowest BCUT2D eigenvalue weighted by molar-refractivity contribution is 0.415. The highest BCUT2D eigenvalue weighted by Gasteiger charge is 2.20. The van der Waals surface area contributed by atoms with Gasteiger partial charge in [-0.1, -0.05) is 0 Å². The number of rotatable bonds is 1. The molecule has 0 saturated carbocycles. The van der Waals surface area contributed by atoms with E-state index in [1.807, 2.05) is 18.2 Å². The van der Waals surface area contributed by atoms with Crippen LogP contribution >= 0.6 is 0 Å². The SMILES string of the molecule is COc1ccc2[nH]c3c(c2c1)CCS(=O)(=O)CCC3. The van der Waals surface area contributed by atoms with Crippen molar-refractivity contribution in [1.82, 2.24) is 4.98 Å². The Hall–Kier alpha value is -1.49. The van der Waals surface area contributed by atoms with Crippen LogP contribution in [-0.4, -0.2) is 32.0 Å². The van der Waals surface area contributed by atoms with Gasteiger partial charge in [0.2, 0.25) is 0 Å². The molecule has 1 N–H and O–H groups in total. The van der Waals surface area contributed by atoms with E-state index in [0.717, 1.165) is 28.6 Å². The largest absolute Gasteiger partial charge is 0.497 e.